The summed E-state index contributed by atoms with van der Waals surface area (Å²) in [5.74, 6) is 0.218. The van der Waals surface area contributed by atoms with E-state index in [-0.39, 0.29) is 11.9 Å². The average Bonchev–Trinajstić information content (AvgIpc) is 2.31. The van der Waals surface area contributed by atoms with Crippen molar-refractivity contribution in [3.8, 4) is 0 Å². The lowest BCUT2D eigenvalue weighted by Gasteiger charge is -2.29. The molecule has 0 saturated carbocycles. The SMILES string of the molecule is O=C(CC1CNCC[N]1)N1CCOCC1. The van der Waals surface area contributed by atoms with Gasteiger partial charge in [0.25, 0.3) is 0 Å². The molecule has 15 heavy (non-hydrogen) atoms. The molecule has 85 valence electrons. The van der Waals surface area contributed by atoms with Crippen molar-refractivity contribution in [3.05, 3.63) is 0 Å². The third kappa shape index (κ3) is 3.15. The summed E-state index contributed by atoms with van der Waals surface area (Å²) in [5.41, 5.74) is 0. The third-order valence-electron chi connectivity index (χ3n) is 2.83. The molecule has 2 saturated heterocycles. The molecule has 0 bridgehead atoms. The first-order valence-corrected chi connectivity index (χ1v) is 5.59. The number of rotatable bonds is 2. The van der Waals surface area contributed by atoms with E-state index < -0.39 is 0 Å². The molecule has 0 aromatic heterocycles. The van der Waals surface area contributed by atoms with Gasteiger partial charge in [0, 0.05) is 45.2 Å². The highest BCUT2D eigenvalue weighted by atomic mass is 16.5. The highest BCUT2D eigenvalue weighted by molar-refractivity contribution is 5.77. The largest absolute Gasteiger partial charge is 0.378 e. The molecule has 1 amide bonds. The minimum absolute atomic E-state index is 0.175. The van der Waals surface area contributed by atoms with Gasteiger partial charge in [-0.05, 0) is 0 Å². The maximum absolute atomic E-state index is 11.8. The first-order valence-electron chi connectivity index (χ1n) is 5.59. The Balaban J connectivity index is 1.74. The van der Waals surface area contributed by atoms with Gasteiger partial charge in [-0.25, -0.2) is 5.32 Å². The Hall–Kier alpha value is -0.650. The third-order valence-corrected chi connectivity index (χ3v) is 2.83. The van der Waals surface area contributed by atoms with Crippen LogP contribution in [0.4, 0.5) is 0 Å². The Bertz CT molecular complexity index is 211. The Morgan fingerprint density at radius 3 is 2.93 bits per heavy atom. The van der Waals surface area contributed by atoms with Gasteiger partial charge in [0.15, 0.2) is 0 Å². The van der Waals surface area contributed by atoms with Gasteiger partial charge in [0.05, 0.1) is 13.2 Å². The van der Waals surface area contributed by atoms with Crippen molar-refractivity contribution in [1.29, 1.82) is 0 Å². The molecule has 2 rings (SSSR count). The molecule has 1 N–H and O–H groups in total. The molecular formula is C10H18N3O2. The van der Waals surface area contributed by atoms with Crippen molar-refractivity contribution in [2.45, 2.75) is 12.5 Å². The van der Waals surface area contributed by atoms with Crippen molar-refractivity contribution in [3.63, 3.8) is 0 Å². The van der Waals surface area contributed by atoms with E-state index in [0.29, 0.717) is 19.6 Å². The molecule has 0 aliphatic carbocycles. The molecule has 0 aromatic carbocycles. The van der Waals surface area contributed by atoms with Crippen LogP contribution in [0.25, 0.3) is 0 Å². The first-order chi connectivity index (χ1) is 7.36. The molecule has 2 aliphatic rings. The number of nitrogens with one attached hydrogen (secondary N) is 1. The Morgan fingerprint density at radius 1 is 1.47 bits per heavy atom. The number of hydrogen-bond acceptors (Lipinski definition) is 3. The second-order valence-electron chi connectivity index (χ2n) is 3.96. The van der Waals surface area contributed by atoms with E-state index in [9.17, 15) is 4.79 Å². The number of ether oxygens (including phenoxy) is 1. The lowest BCUT2D eigenvalue weighted by molar-refractivity contribution is -0.135. The van der Waals surface area contributed by atoms with Crippen molar-refractivity contribution < 1.29 is 9.53 Å². The van der Waals surface area contributed by atoms with Crippen LogP contribution in [0, 0.1) is 0 Å². The summed E-state index contributed by atoms with van der Waals surface area (Å²) in [4.78, 5) is 13.7. The number of nitrogens with zero attached hydrogens (tertiary/aromatic N) is 2. The summed E-state index contributed by atoms with van der Waals surface area (Å²) >= 11 is 0. The first kappa shape index (κ1) is 10.9. The van der Waals surface area contributed by atoms with Crippen LogP contribution in [0.15, 0.2) is 0 Å². The molecule has 2 fully saturated rings. The van der Waals surface area contributed by atoms with Crippen LogP contribution in [-0.2, 0) is 9.53 Å². The van der Waals surface area contributed by atoms with Crippen molar-refractivity contribution in [2.75, 3.05) is 45.9 Å². The highest BCUT2D eigenvalue weighted by Crippen LogP contribution is 2.04. The van der Waals surface area contributed by atoms with Crippen LogP contribution in [0.5, 0.6) is 0 Å². The number of morpholine rings is 1. The van der Waals surface area contributed by atoms with Crippen molar-refractivity contribution in [1.82, 2.24) is 15.5 Å². The number of piperazine rings is 1. The minimum atomic E-state index is 0.175. The molecule has 1 radical (unpaired) electrons. The predicted molar refractivity (Wildman–Crippen MR) is 55.7 cm³/mol. The molecule has 5 heteroatoms. The lowest BCUT2D eigenvalue weighted by Crippen LogP contribution is -2.48. The molecule has 2 aliphatic heterocycles. The Morgan fingerprint density at radius 2 is 2.27 bits per heavy atom. The van der Waals surface area contributed by atoms with Crippen LogP contribution < -0.4 is 10.6 Å². The van der Waals surface area contributed by atoms with Gasteiger partial charge in [-0.2, -0.15) is 0 Å². The topological polar surface area (TPSA) is 55.7 Å². The van der Waals surface area contributed by atoms with Gasteiger partial charge in [0.1, 0.15) is 0 Å². The van der Waals surface area contributed by atoms with Crippen LogP contribution in [0.3, 0.4) is 0 Å². The Labute approximate surface area is 90.1 Å². The molecule has 1 atom stereocenters. The van der Waals surface area contributed by atoms with E-state index in [1.165, 1.54) is 0 Å². The van der Waals surface area contributed by atoms with E-state index in [1.54, 1.807) is 0 Å². The molecule has 2 heterocycles. The zero-order valence-corrected chi connectivity index (χ0v) is 8.95. The Kier molecular flexibility index (Phi) is 3.94. The van der Waals surface area contributed by atoms with Crippen LogP contribution >= 0.6 is 0 Å². The summed E-state index contributed by atoms with van der Waals surface area (Å²) in [7, 11) is 0. The fourth-order valence-electron chi connectivity index (χ4n) is 1.94. The van der Waals surface area contributed by atoms with Crippen molar-refractivity contribution in [2.24, 2.45) is 0 Å². The number of carbonyl (C=O) groups excluding carboxylic acids is 1. The minimum Gasteiger partial charge on any atom is -0.378 e. The monoisotopic (exact) mass is 212 g/mol. The van der Waals surface area contributed by atoms with Gasteiger partial charge < -0.3 is 15.0 Å². The van der Waals surface area contributed by atoms with Crippen molar-refractivity contribution >= 4 is 5.91 Å². The normalized spacial score (nSPS) is 27.7. The number of amides is 1. The fourth-order valence-corrected chi connectivity index (χ4v) is 1.94. The van der Waals surface area contributed by atoms with E-state index >= 15 is 0 Å². The fraction of sp³-hybridized carbons (Fsp3) is 0.900. The quantitative estimate of drug-likeness (QED) is 0.626. The summed E-state index contributed by atoms with van der Waals surface area (Å²) in [6.07, 6.45) is 0.549. The number of hydrogen-bond donors (Lipinski definition) is 1. The van der Waals surface area contributed by atoms with Gasteiger partial charge in [-0.3, -0.25) is 4.79 Å². The molecule has 0 spiro atoms. The van der Waals surface area contributed by atoms with Gasteiger partial charge >= 0.3 is 0 Å². The smallest absolute Gasteiger partial charge is 0.224 e. The second-order valence-corrected chi connectivity index (χ2v) is 3.96. The maximum atomic E-state index is 11.8. The number of carbonyl (C=O) groups is 1. The predicted octanol–water partition coefficient (Wildman–Crippen LogP) is -1.19. The van der Waals surface area contributed by atoms with E-state index in [1.807, 2.05) is 4.90 Å². The second kappa shape index (κ2) is 5.44. The van der Waals surface area contributed by atoms with E-state index in [0.717, 1.165) is 32.7 Å². The zero-order valence-electron chi connectivity index (χ0n) is 8.95. The maximum Gasteiger partial charge on any atom is 0.224 e. The molecular weight excluding hydrogens is 194 g/mol. The summed E-state index contributed by atoms with van der Waals surface area (Å²) < 4.78 is 5.21. The van der Waals surface area contributed by atoms with Gasteiger partial charge in [-0.1, -0.05) is 0 Å². The summed E-state index contributed by atoms with van der Waals surface area (Å²) in [6.45, 7) is 5.44. The molecule has 0 aromatic rings. The zero-order chi connectivity index (χ0) is 10.5. The standard InChI is InChI=1S/C10H18N3O2/c14-10(13-3-5-15-6-4-13)7-9-8-11-1-2-12-9/h9,11H,1-8H2. The van der Waals surface area contributed by atoms with Crippen LogP contribution in [-0.4, -0.2) is 62.8 Å². The molecule has 1 unspecified atom stereocenters. The van der Waals surface area contributed by atoms with Crippen LogP contribution in [0.2, 0.25) is 0 Å². The van der Waals surface area contributed by atoms with Gasteiger partial charge in [0.2, 0.25) is 5.91 Å². The van der Waals surface area contributed by atoms with E-state index in [4.69, 9.17) is 4.74 Å². The molecule has 5 nitrogen and oxygen atoms in total. The van der Waals surface area contributed by atoms with E-state index in [2.05, 4.69) is 10.6 Å². The summed E-state index contributed by atoms with van der Waals surface area (Å²) in [5, 5.41) is 7.68. The summed E-state index contributed by atoms with van der Waals surface area (Å²) in [6, 6.07) is 0.175. The lowest BCUT2D eigenvalue weighted by atomic mass is 10.1. The highest BCUT2D eigenvalue weighted by Gasteiger charge is 2.22. The van der Waals surface area contributed by atoms with Crippen LogP contribution in [0.1, 0.15) is 6.42 Å². The van der Waals surface area contributed by atoms with Gasteiger partial charge in [-0.15, -0.1) is 0 Å². The average molecular weight is 212 g/mol.